The van der Waals surface area contributed by atoms with Crippen LogP contribution >= 0.6 is 0 Å². The van der Waals surface area contributed by atoms with Crippen molar-refractivity contribution >= 4 is 82.7 Å². The standard InChI is InChI=1S/2C29H41F3N6O4S.C28H39F3N6O4S/c1-18-14-24(26(42-4)16-21(18)27(39)34-20-10-12-37(2)13-11-20)36-28-33-17-22(29(30,31)32)23(35-28)15-19-8-6-7-9-25(19)38(3)43(5,40)41;1-5-38(43(4,40)41)25-9-7-6-8-19(25)16-24-22(29(30,31)32)18-33-28(36-24)35-23-11-10-20(17-26(23)42-3)27(39)34-21-12-14-37(2)15-13-21;1-36-13-11-20(12-14-36)33-26(38)19-9-10-22(25(16-19)41-3)34-27-32-17-21(28(29,30)31)23(35-27)15-18-7-5-6-8-24(18)37(2)42(4,39)40/h14,16-17,19-20,25H,6-13,15H2,1-5H3,(H,34,39)(H,33,35,36);10-11,17-19,21,25H,5-9,12-16H2,1-4H3,(H,34,39)(H,33,35,36);9-10,16-18,20,24H,5-8,11-15H2,1-4H3,(H,33,38)(H,32,34,35)/t2*19-,25+;18-,24+/m000/s1. The van der Waals surface area contributed by atoms with Gasteiger partial charge >= 0.3 is 18.5 Å². The van der Waals surface area contributed by atoms with Crippen molar-refractivity contribution < 1.29 is 93.4 Å². The van der Waals surface area contributed by atoms with Gasteiger partial charge in [-0.3, -0.25) is 14.4 Å². The first-order valence-electron chi connectivity index (χ1n) is 43.2. The van der Waals surface area contributed by atoms with Crippen molar-refractivity contribution in [1.82, 2.24) is 73.5 Å². The number of carbonyl (C=O) groups excluding carboxylic acids is 3. The molecule has 6 N–H and O–H groups in total. The number of ether oxygens (including phenoxy) is 3. The molecule has 42 heteroatoms. The zero-order valence-electron chi connectivity index (χ0n) is 74.7. The van der Waals surface area contributed by atoms with Crippen LogP contribution in [0, 0.1) is 24.7 Å². The summed E-state index contributed by atoms with van der Waals surface area (Å²) in [5.41, 5.74) is -0.412. The highest BCUT2D eigenvalue weighted by molar-refractivity contribution is 7.88. The number of methoxy groups -OCH3 is 3. The number of halogens is 9. The highest BCUT2D eigenvalue weighted by Crippen LogP contribution is 2.43. The molecule has 30 nitrogen and oxygen atoms in total. The average Bonchev–Trinajstić information content (AvgIpc) is 0.791. The smallest absolute Gasteiger partial charge is 0.419 e. The average molecular weight is 1870 g/mol. The predicted octanol–water partition coefficient (Wildman–Crippen LogP) is 12.9. The van der Waals surface area contributed by atoms with E-state index in [1.807, 2.05) is 21.1 Å². The van der Waals surface area contributed by atoms with E-state index in [0.29, 0.717) is 95.1 Å². The second kappa shape index (κ2) is 43.9. The van der Waals surface area contributed by atoms with E-state index in [1.165, 1.54) is 48.3 Å². The van der Waals surface area contributed by atoms with E-state index in [9.17, 15) is 79.2 Å². The monoisotopic (exact) mass is 1860 g/mol. The first-order chi connectivity index (χ1) is 60.2. The van der Waals surface area contributed by atoms with Gasteiger partial charge in [-0.1, -0.05) is 45.4 Å². The number of likely N-dealkylation sites (tertiary alicyclic amines) is 3. The van der Waals surface area contributed by atoms with E-state index in [0.717, 1.165) is 154 Å². The Kier molecular flexibility index (Phi) is 34.7. The highest BCUT2D eigenvalue weighted by atomic mass is 32.2. The molecule has 12 rings (SSSR count). The molecule has 6 aromatic rings. The molecular formula is C86H121F9N18O12S3. The van der Waals surface area contributed by atoms with Gasteiger partial charge in [0.2, 0.25) is 47.9 Å². The van der Waals surface area contributed by atoms with E-state index >= 15 is 0 Å². The number of hydrogen-bond donors (Lipinski definition) is 6. The topological polar surface area (TPSA) is 350 Å². The molecule has 3 aliphatic heterocycles. The summed E-state index contributed by atoms with van der Waals surface area (Å²) in [5.74, 6) is -0.951. The van der Waals surface area contributed by atoms with Crippen LogP contribution < -0.4 is 46.1 Å². The second-order valence-electron chi connectivity index (χ2n) is 34.4. The second-order valence-corrected chi connectivity index (χ2v) is 40.4. The molecule has 6 fully saturated rings. The number of benzene rings is 3. The minimum Gasteiger partial charge on any atom is -0.495 e. The lowest BCUT2D eigenvalue weighted by atomic mass is 9.81. The summed E-state index contributed by atoms with van der Waals surface area (Å²) >= 11 is 0. The maximum atomic E-state index is 14.0. The van der Waals surface area contributed by atoms with E-state index < -0.39 is 83.4 Å². The van der Waals surface area contributed by atoms with Gasteiger partial charge in [-0.2, -0.15) is 43.8 Å². The molecule has 3 saturated heterocycles. The van der Waals surface area contributed by atoms with Crippen LogP contribution in [0.15, 0.2) is 67.1 Å². The molecule has 3 saturated carbocycles. The maximum absolute atomic E-state index is 14.0. The largest absolute Gasteiger partial charge is 0.495 e. The number of aromatic nitrogens is 6. The Morgan fingerprint density at radius 3 is 1.05 bits per heavy atom. The Morgan fingerprint density at radius 2 is 0.734 bits per heavy atom. The highest BCUT2D eigenvalue weighted by Gasteiger charge is 2.44. The van der Waals surface area contributed by atoms with Gasteiger partial charge in [0.15, 0.2) is 0 Å². The molecule has 3 aromatic heterocycles. The van der Waals surface area contributed by atoms with Crippen molar-refractivity contribution in [3.8, 4) is 17.2 Å². The Hall–Kier alpha value is -8.91. The van der Waals surface area contributed by atoms with Gasteiger partial charge in [0, 0.05) is 92.2 Å². The van der Waals surface area contributed by atoms with Crippen LogP contribution in [-0.4, -0.2) is 258 Å². The number of alkyl halides is 9. The summed E-state index contributed by atoms with van der Waals surface area (Å²) in [5, 5.41) is 18.0. The molecular weight excluding hydrogens is 1740 g/mol. The van der Waals surface area contributed by atoms with Gasteiger partial charge in [0.05, 0.1) is 90.9 Å². The van der Waals surface area contributed by atoms with Gasteiger partial charge in [-0.05, 0) is 235 Å². The molecule has 708 valence electrons. The summed E-state index contributed by atoms with van der Waals surface area (Å²) < 4.78 is 220. The molecule has 3 aliphatic carbocycles. The van der Waals surface area contributed by atoms with Gasteiger partial charge < -0.3 is 60.8 Å². The summed E-state index contributed by atoms with van der Waals surface area (Å²) in [6.07, 6.45) is 4.85. The Bertz CT molecular complexity index is 5160. The van der Waals surface area contributed by atoms with E-state index in [-0.39, 0.29) is 114 Å². The number of sulfonamides is 3. The lowest BCUT2D eigenvalue weighted by molar-refractivity contribution is -0.139. The molecule has 0 radical (unpaired) electrons. The van der Waals surface area contributed by atoms with Crippen molar-refractivity contribution in [3.63, 3.8) is 0 Å². The van der Waals surface area contributed by atoms with E-state index in [4.69, 9.17) is 14.2 Å². The fraction of sp³-hybridized carbons (Fsp3) is 0.616. The molecule has 6 aliphatic rings. The summed E-state index contributed by atoms with van der Waals surface area (Å²) in [7, 11) is 2.81. The van der Waals surface area contributed by atoms with Crippen LogP contribution in [0.3, 0.4) is 0 Å². The molecule has 0 spiro atoms. The number of aryl methyl sites for hydroxylation is 1. The number of nitrogens with zero attached hydrogens (tertiary/aromatic N) is 12. The quantitative estimate of drug-likeness (QED) is 0.0248. The number of hydrogen-bond acceptors (Lipinski definition) is 24. The van der Waals surface area contributed by atoms with Gasteiger partial charge in [0.25, 0.3) is 17.7 Å². The van der Waals surface area contributed by atoms with Crippen molar-refractivity contribution in [1.29, 1.82) is 0 Å². The normalized spacial score (nSPS) is 20.7. The third-order valence-electron chi connectivity index (χ3n) is 25.2. The zero-order chi connectivity index (χ0) is 93.5. The van der Waals surface area contributed by atoms with Gasteiger partial charge in [0.1, 0.15) is 17.2 Å². The van der Waals surface area contributed by atoms with E-state index in [2.05, 4.69) is 76.5 Å². The van der Waals surface area contributed by atoms with Gasteiger partial charge in [-0.15, -0.1) is 0 Å². The third kappa shape index (κ3) is 27.6. The van der Waals surface area contributed by atoms with Crippen LogP contribution in [0.4, 0.5) is 74.4 Å². The van der Waals surface area contributed by atoms with Crippen LogP contribution in [0.25, 0.3) is 0 Å². The van der Waals surface area contributed by atoms with Crippen LogP contribution in [0.5, 0.6) is 17.2 Å². The predicted molar refractivity (Wildman–Crippen MR) is 469 cm³/mol. The molecule has 6 atom stereocenters. The Morgan fingerprint density at radius 1 is 0.430 bits per heavy atom. The summed E-state index contributed by atoms with van der Waals surface area (Å²) in [6.45, 7) is 9.18. The number of rotatable bonds is 28. The molecule has 0 unspecified atom stereocenters. The van der Waals surface area contributed by atoms with Crippen molar-refractivity contribution in [3.05, 3.63) is 123 Å². The lowest BCUT2D eigenvalue weighted by Gasteiger charge is -2.38. The minimum atomic E-state index is -4.68. The molecule has 128 heavy (non-hydrogen) atoms. The minimum absolute atomic E-state index is 0.0457. The number of anilines is 6. The van der Waals surface area contributed by atoms with Crippen molar-refractivity contribution in [2.45, 2.75) is 203 Å². The van der Waals surface area contributed by atoms with Gasteiger partial charge in [-0.25, -0.2) is 63.8 Å². The summed E-state index contributed by atoms with van der Waals surface area (Å²) in [6, 6.07) is 11.8. The van der Waals surface area contributed by atoms with Crippen LogP contribution in [0.1, 0.15) is 193 Å². The SMILES string of the molecule is CCN([C@@H]1CCCC[C@H]1Cc1nc(Nc2ccc(C(=O)NC3CCN(C)CC3)cc2OC)ncc1C(F)(F)F)S(C)(=O)=O.COc1cc(C(=O)NC2CCN(C)CC2)c(C)cc1Nc1ncc(C(F)(F)F)c(C[C@@H]2CCCC[C@H]2N(C)S(C)(=O)=O)n1.COc1cc(C(=O)NC2CCN(C)CC2)ccc1Nc1ncc(C(F)(F)F)c(C[C@@H]2CCCC[C@H]2N(C)S(C)(=O)=O)n1. The molecule has 0 bridgehead atoms. The summed E-state index contributed by atoms with van der Waals surface area (Å²) in [4.78, 5) is 70.1. The maximum Gasteiger partial charge on any atom is 0.419 e. The van der Waals surface area contributed by atoms with Crippen LogP contribution in [-0.2, 0) is 67.9 Å². The number of piperidine rings is 3. The van der Waals surface area contributed by atoms with E-state index in [1.54, 1.807) is 62.4 Å². The van der Waals surface area contributed by atoms with Crippen molar-refractivity contribution in [2.75, 3.05) is 137 Å². The third-order valence-corrected chi connectivity index (χ3v) is 29.2. The van der Waals surface area contributed by atoms with Crippen LogP contribution in [0.2, 0.25) is 0 Å². The molecule has 3 amide bonds. The van der Waals surface area contributed by atoms with Crippen molar-refractivity contribution in [2.24, 2.45) is 17.8 Å². The first kappa shape index (κ1) is 101. The zero-order valence-corrected chi connectivity index (χ0v) is 77.2. The Balaban J connectivity index is 0.000000200. The fourth-order valence-electron chi connectivity index (χ4n) is 17.9. The number of nitrogens with one attached hydrogen (secondary N) is 6. The molecule has 3 aromatic carbocycles. The number of carbonyl (C=O) groups is 3. The first-order valence-corrected chi connectivity index (χ1v) is 48.7. The molecule has 6 heterocycles. The number of amides is 3. The Labute approximate surface area is 744 Å². The fourth-order valence-corrected chi connectivity index (χ4v) is 20.6. The lowest BCUT2D eigenvalue weighted by Crippen LogP contribution is -2.46.